The summed E-state index contributed by atoms with van der Waals surface area (Å²) in [6.07, 6.45) is -8.95. The summed E-state index contributed by atoms with van der Waals surface area (Å²) in [4.78, 5) is 21.9. The van der Waals surface area contributed by atoms with Gasteiger partial charge in [0.15, 0.2) is 12.2 Å². The first kappa shape index (κ1) is 17.1. The minimum atomic E-state index is -2.34. The van der Waals surface area contributed by atoms with Gasteiger partial charge in [-0.3, -0.25) is 0 Å². The molecular weight excluding hydrogens is 284 g/mol. The van der Waals surface area contributed by atoms with Gasteiger partial charge in [0.1, 0.15) is 18.8 Å². The molecule has 0 fully saturated rings. The maximum atomic E-state index is 11.5. The molecule has 1 aromatic rings. The van der Waals surface area contributed by atoms with Crippen molar-refractivity contribution in [1.29, 1.82) is 0 Å². The third kappa shape index (κ3) is 4.80. The molecule has 1 rings (SSSR count). The Hall–Kier alpha value is -2.00. The Morgan fingerprint density at radius 1 is 0.952 bits per heavy atom. The molecule has 0 aliphatic rings. The lowest BCUT2D eigenvalue weighted by atomic mass is 10.0. The topological polar surface area (TPSA) is 145 Å². The zero-order valence-corrected chi connectivity index (χ0v) is 10.9. The van der Waals surface area contributed by atoms with E-state index in [9.17, 15) is 24.9 Å². The maximum absolute atomic E-state index is 11.5. The van der Waals surface area contributed by atoms with Gasteiger partial charge in [0.25, 0.3) is 0 Å². The molecular formula is C13H16O8. The van der Waals surface area contributed by atoms with Crippen LogP contribution < -0.4 is 0 Å². The van der Waals surface area contributed by atoms with Gasteiger partial charge in [-0.1, -0.05) is 30.3 Å². The fourth-order valence-corrected chi connectivity index (χ4v) is 1.47. The Balaban J connectivity index is 2.55. The second-order valence-electron chi connectivity index (χ2n) is 4.30. The Kier molecular flexibility index (Phi) is 6.25. The van der Waals surface area contributed by atoms with E-state index in [0.717, 1.165) is 0 Å². The zero-order chi connectivity index (χ0) is 16.0. The Morgan fingerprint density at radius 2 is 1.48 bits per heavy atom. The molecule has 8 nitrogen and oxygen atoms in total. The van der Waals surface area contributed by atoms with Gasteiger partial charge in [-0.25, -0.2) is 9.59 Å². The van der Waals surface area contributed by atoms with Crippen molar-refractivity contribution < 1.29 is 39.9 Å². The molecule has 0 aliphatic carbocycles. The summed E-state index contributed by atoms with van der Waals surface area (Å²) in [7, 11) is 0. The molecule has 21 heavy (non-hydrogen) atoms. The van der Waals surface area contributed by atoms with Crippen LogP contribution >= 0.6 is 0 Å². The van der Waals surface area contributed by atoms with Crippen LogP contribution in [0.2, 0.25) is 0 Å². The molecule has 0 unspecified atom stereocenters. The largest absolute Gasteiger partial charge is 0.479 e. The predicted molar refractivity (Wildman–Crippen MR) is 67.9 cm³/mol. The van der Waals surface area contributed by atoms with Crippen molar-refractivity contribution in [3.63, 3.8) is 0 Å². The van der Waals surface area contributed by atoms with Gasteiger partial charge < -0.3 is 30.3 Å². The van der Waals surface area contributed by atoms with Gasteiger partial charge >= 0.3 is 11.9 Å². The van der Waals surface area contributed by atoms with Crippen molar-refractivity contribution in [1.82, 2.24) is 0 Å². The molecule has 116 valence electrons. The van der Waals surface area contributed by atoms with Crippen molar-refractivity contribution in [2.75, 3.05) is 0 Å². The lowest BCUT2D eigenvalue weighted by molar-refractivity contribution is -0.177. The lowest BCUT2D eigenvalue weighted by Crippen LogP contribution is -2.50. The monoisotopic (exact) mass is 300 g/mol. The van der Waals surface area contributed by atoms with Crippen molar-refractivity contribution in [3.8, 4) is 0 Å². The highest BCUT2D eigenvalue weighted by molar-refractivity contribution is 5.76. The third-order valence-corrected chi connectivity index (χ3v) is 2.72. The second kappa shape index (κ2) is 7.70. The first-order valence-corrected chi connectivity index (χ1v) is 6.00. The molecule has 0 saturated heterocycles. The van der Waals surface area contributed by atoms with E-state index in [1.165, 1.54) is 0 Å². The van der Waals surface area contributed by atoms with E-state index in [2.05, 4.69) is 0 Å². The van der Waals surface area contributed by atoms with E-state index in [-0.39, 0.29) is 6.61 Å². The molecule has 0 aliphatic heterocycles. The second-order valence-corrected chi connectivity index (χ2v) is 4.30. The molecule has 1 aromatic carbocycles. The number of aliphatic hydroxyl groups excluding tert-OH is 4. The lowest BCUT2D eigenvalue weighted by Gasteiger charge is -2.23. The average Bonchev–Trinajstić information content (AvgIpc) is 2.50. The van der Waals surface area contributed by atoms with Crippen LogP contribution in [-0.4, -0.2) is 61.9 Å². The van der Waals surface area contributed by atoms with Gasteiger partial charge in [-0.05, 0) is 5.56 Å². The Morgan fingerprint density at radius 3 is 2.00 bits per heavy atom. The summed E-state index contributed by atoms with van der Waals surface area (Å²) >= 11 is 0. The summed E-state index contributed by atoms with van der Waals surface area (Å²) in [5.41, 5.74) is 0.638. The van der Waals surface area contributed by atoms with Gasteiger partial charge in [-0.2, -0.15) is 0 Å². The van der Waals surface area contributed by atoms with Crippen LogP contribution in [0.1, 0.15) is 5.56 Å². The van der Waals surface area contributed by atoms with Gasteiger partial charge in [0.05, 0.1) is 0 Å². The van der Waals surface area contributed by atoms with Crippen molar-refractivity contribution in [3.05, 3.63) is 35.9 Å². The molecule has 4 atom stereocenters. The normalized spacial score (nSPS) is 16.6. The fourth-order valence-electron chi connectivity index (χ4n) is 1.47. The third-order valence-electron chi connectivity index (χ3n) is 2.72. The van der Waals surface area contributed by atoms with Gasteiger partial charge in [0.2, 0.25) is 0 Å². The van der Waals surface area contributed by atoms with E-state index in [4.69, 9.17) is 14.9 Å². The number of carbonyl (C=O) groups is 2. The molecule has 5 N–H and O–H groups in total. The number of aliphatic hydroxyl groups is 4. The summed E-state index contributed by atoms with van der Waals surface area (Å²) in [6.45, 7) is -0.166. The van der Waals surface area contributed by atoms with Gasteiger partial charge in [0, 0.05) is 0 Å². The first-order chi connectivity index (χ1) is 9.84. The summed E-state index contributed by atoms with van der Waals surface area (Å²) in [6, 6.07) is 8.51. The minimum Gasteiger partial charge on any atom is -0.479 e. The first-order valence-electron chi connectivity index (χ1n) is 6.00. The number of ether oxygens (including phenoxy) is 1. The van der Waals surface area contributed by atoms with Crippen molar-refractivity contribution in [2.24, 2.45) is 0 Å². The smallest absolute Gasteiger partial charge is 0.338 e. The number of rotatable bonds is 7. The van der Waals surface area contributed by atoms with E-state index >= 15 is 0 Å². The summed E-state index contributed by atoms with van der Waals surface area (Å²) in [5.74, 6) is -3.05. The van der Waals surface area contributed by atoms with E-state index in [1.807, 2.05) is 0 Å². The Labute approximate surface area is 119 Å². The Bertz CT molecular complexity index is 474. The van der Waals surface area contributed by atoms with Crippen LogP contribution in [0.3, 0.4) is 0 Å². The number of benzene rings is 1. The van der Waals surface area contributed by atoms with Crippen LogP contribution in [0.4, 0.5) is 0 Å². The number of carbonyl (C=O) groups excluding carboxylic acids is 1. The van der Waals surface area contributed by atoms with E-state index in [1.54, 1.807) is 30.3 Å². The summed E-state index contributed by atoms with van der Waals surface area (Å²) in [5, 5.41) is 45.7. The number of aliphatic carboxylic acids is 1. The highest BCUT2D eigenvalue weighted by Gasteiger charge is 2.38. The van der Waals surface area contributed by atoms with Crippen molar-refractivity contribution in [2.45, 2.75) is 31.0 Å². The number of hydrogen-bond donors (Lipinski definition) is 5. The van der Waals surface area contributed by atoms with E-state index in [0.29, 0.717) is 5.56 Å². The standard InChI is InChI=1S/C13H16O8/c14-8(10(16)12(18)19)9(15)11(17)13(20)21-6-7-4-2-1-3-5-7/h1-5,8-11,14-17H,6H2,(H,18,19)/t8-,9-,10+,11-/m0/s1. The molecule has 0 amide bonds. The predicted octanol–water partition coefficient (Wildman–Crippen LogP) is -1.74. The molecule has 0 aromatic heterocycles. The van der Waals surface area contributed by atoms with Crippen molar-refractivity contribution >= 4 is 11.9 Å². The molecule has 0 radical (unpaired) electrons. The van der Waals surface area contributed by atoms with Gasteiger partial charge in [-0.15, -0.1) is 0 Å². The number of hydrogen-bond acceptors (Lipinski definition) is 7. The molecule has 0 heterocycles. The average molecular weight is 300 g/mol. The minimum absolute atomic E-state index is 0.166. The van der Waals surface area contributed by atoms with Crippen LogP contribution in [0, 0.1) is 0 Å². The number of esters is 1. The highest BCUT2D eigenvalue weighted by atomic mass is 16.5. The SMILES string of the molecule is O=C(OCc1ccccc1)[C@@H](O)[C@@H](O)[C@H](O)[C@@H](O)C(=O)O. The molecule has 0 saturated carbocycles. The zero-order valence-electron chi connectivity index (χ0n) is 10.9. The van der Waals surface area contributed by atoms with Crippen LogP contribution in [-0.2, 0) is 20.9 Å². The van der Waals surface area contributed by atoms with E-state index < -0.39 is 36.4 Å². The highest BCUT2D eigenvalue weighted by Crippen LogP contribution is 2.09. The quantitative estimate of drug-likeness (QED) is 0.373. The molecule has 8 heteroatoms. The van der Waals surface area contributed by atoms with Crippen LogP contribution in [0.5, 0.6) is 0 Å². The summed E-state index contributed by atoms with van der Waals surface area (Å²) < 4.78 is 4.71. The molecule has 0 bridgehead atoms. The number of carboxylic acids is 1. The molecule has 0 spiro atoms. The van der Waals surface area contributed by atoms with Crippen LogP contribution in [0.25, 0.3) is 0 Å². The fraction of sp³-hybridized carbons (Fsp3) is 0.385. The maximum Gasteiger partial charge on any atom is 0.338 e. The number of carboxylic acid groups (broad SMARTS) is 1. The van der Waals surface area contributed by atoms with Crippen LogP contribution in [0.15, 0.2) is 30.3 Å².